The Morgan fingerprint density at radius 1 is 1.43 bits per heavy atom. The number of aliphatic hydroxyl groups excluding tert-OH is 2. The van der Waals surface area contributed by atoms with E-state index in [0.717, 1.165) is 11.0 Å². The Morgan fingerprint density at radius 3 is 2.78 bits per heavy atom. The first kappa shape index (κ1) is 15.7. The van der Waals surface area contributed by atoms with Gasteiger partial charge >= 0.3 is 6.61 Å². The Hall–Kier alpha value is -2.18. The van der Waals surface area contributed by atoms with Crippen LogP contribution in [0.4, 0.5) is 19.0 Å². The van der Waals surface area contributed by atoms with Gasteiger partial charge in [-0.15, -0.1) is 5.10 Å². The first-order valence-electron chi connectivity index (χ1n) is 6.46. The van der Waals surface area contributed by atoms with E-state index >= 15 is 0 Å². The smallest absolute Gasteiger partial charge is 0.388 e. The fourth-order valence-corrected chi connectivity index (χ4v) is 2.36. The maximum Gasteiger partial charge on any atom is 0.388 e. The number of ether oxygens (including phenoxy) is 2. The SMILES string of the molecule is Nc1ncnc2c1c(OC(F)F)nn2[C@@H]1O[C@H](CO)[C@@H](O)[C@@H]1F. The molecule has 0 aromatic carbocycles. The monoisotopic (exact) mass is 335 g/mol. The Balaban J connectivity index is 2.10. The largest absolute Gasteiger partial charge is 0.414 e. The average molecular weight is 335 g/mol. The molecule has 3 heterocycles. The molecule has 2 aromatic heterocycles. The Labute approximate surface area is 126 Å². The Bertz CT molecular complexity index is 714. The van der Waals surface area contributed by atoms with Crippen molar-refractivity contribution in [3.8, 4) is 5.88 Å². The first-order chi connectivity index (χ1) is 10.9. The number of hydrogen-bond acceptors (Lipinski definition) is 8. The summed E-state index contributed by atoms with van der Waals surface area (Å²) >= 11 is 0. The predicted octanol–water partition coefficient (Wildman–Crippen LogP) is -0.401. The van der Waals surface area contributed by atoms with Gasteiger partial charge < -0.3 is 25.4 Å². The lowest BCUT2D eigenvalue weighted by atomic mass is 10.1. The summed E-state index contributed by atoms with van der Waals surface area (Å²) in [6, 6.07) is 0. The van der Waals surface area contributed by atoms with Crippen LogP contribution in [0.3, 0.4) is 0 Å². The summed E-state index contributed by atoms with van der Waals surface area (Å²) < 4.78 is 49.4. The third-order valence-electron chi connectivity index (χ3n) is 3.40. The van der Waals surface area contributed by atoms with Crippen molar-refractivity contribution in [3.63, 3.8) is 0 Å². The van der Waals surface area contributed by atoms with Crippen molar-refractivity contribution in [3.05, 3.63) is 6.33 Å². The zero-order valence-corrected chi connectivity index (χ0v) is 11.4. The lowest BCUT2D eigenvalue weighted by Gasteiger charge is -2.13. The van der Waals surface area contributed by atoms with Crippen LogP contribution in [-0.2, 0) is 4.74 Å². The summed E-state index contributed by atoms with van der Waals surface area (Å²) in [5.74, 6) is -0.782. The summed E-state index contributed by atoms with van der Waals surface area (Å²) in [7, 11) is 0. The zero-order valence-electron chi connectivity index (χ0n) is 11.4. The van der Waals surface area contributed by atoms with Crippen molar-refractivity contribution in [1.29, 1.82) is 0 Å². The number of anilines is 1. The van der Waals surface area contributed by atoms with E-state index < -0.39 is 43.7 Å². The fourth-order valence-electron chi connectivity index (χ4n) is 2.36. The first-order valence-corrected chi connectivity index (χ1v) is 6.46. The van der Waals surface area contributed by atoms with Gasteiger partial charge in [0.05, 0.1) is 6.61 Å². The molecule has 0 aliphatic carbocycles. The van der Waals surface area contributed by atoms with Gasteiger partial charge in [0.2, 0.25) is 0 Å². The van der Waals surface area contributed by atoms with Gasteiger partial charge in [0, 0.05) is 0 Å². The van der Waals surface area contributed by atoms with Crippen LogP contribution in [0, 0.1) is 0 Å². The van der Waals surface area contributed by atoms with Gasteiger partial charge in [-0.3, -0.25) is 0 Å². The third kappa shape index (κ3) is 2.54. The second-order valence-corrected chi connectivity index (χ2v) is 4.77. The van der Waals surface area contributed by atoms with E-state index in [-0.39, 0.29) is 16.9 Å². The summed E-state index contributed by atoms with van der Waals surface area (Å²) in [5, 5.41) is 22.3. The highest BCUT2D eigenvalue weighted by molar-refractivity contribution is 5.90. The van der Waals surface area contributed by atoms with Gasteiger partial charge in [-0.2, -0.15) is 8.78 Å². The van der Waals surface area contributed by atoms with Crippen LogP contribution in [0.15, 0.2) is 6.33 Å². The molecule has 9 nitrogen and oxygen atoms in total. The molecule has 1 aliphatic rings. The number of aliphatic hydroxyl groups is 2. The number of aromatic nitrogens is 4. The van der Waals surface area contributed by atoms with E-state index in [0.29, 0.717) is 0 Å². The minimum Gasteiger partial charge on any atom is -0.414 e. The van der Waals surface area contributed by atoms with Crippen LogP contribution < -0.4 is 10.5 Å². The van der Waals surface area contributed by atoms with Crippen LogP contribution in [-0.4, -0.2) is 61.6 Å². The topological polar surface area (TPSA) is 129 Å². The van der Waals surface area contributed by atoms with Crippen LogP contribution in [0.25, 0.3) is 11.0 Å². The molecular weight excluding hydrogens is 323 g/mol. The lowest BCUT2D eigenvalue weighted by molar-refractivity contribution is -0.0602. The van der Waals surface area contributed by atoms with Gasteiger partial charge in [-0.25, -0.2) is 19.0 Å². The van der Waals surface area contributed by atoms with E-state index in [2.05, 4.69) is 19.8 Å². The molecule has 1 aliphatic heterocycles. The zero-order chi connectivity index (χ0) is 16.7. The number of nitrogen functional groups attached to an aromatic ring is 1. The molecule has 1 saturated heterocycles. The van der Waals surface area contributed by atoms with E-state index in [9.17, 15) is 18.3 Å². The van der Waals surface area contributed by atoms with Gasteiger partial charge in [0.25, 0.3) is 5.88 Å². The summed E-state index contributed by atoms with van der Waals surface area (Å²) in [4.78, 5) is 7.46. The van der Waals surface area contributed by atoms with E-state index in [1.807, 2.05) is 0 Å². The molecule has 12 heteroatoms. The maximum atomic E-state index is 14.2. The van der Waals surface area contributed by atoms with Crippen molar-refractivity contribution in [2.24, 2.45) is 0 Å². The molecule has 0 spiro atoms. The summed E-state index contributed by atoms with van der Waals surface area (Å²) in [6.45, 7) is -3.82. The van der Waals surface area contributed by atoms with Crippen molar-refractivity contribution in [1.82, 2.24) is 19.7 Å². The standard InChI is InChI=1S/C11H12F3N5O4/c12-5-6(21)3(1-20)22-10(5)19-8-4(7(15)16-2-17-8)9(18-19)23-11(13)14/h2-3,5-6,10-11,20-21H,1H2,(H2,15,16,17)/t3-,5+,6-,10-/m1/s1. The number of nitrogens with two attached hydrogens (primary N) is 1. The number of hydrogen-bond donors (Lipinski definition) is 3. The summed E-state index contributed by atoms with van der Waals surface area (Å²) in [5.41, 5.74) is 5.50. The molecule has 3 rings (SSSR count). The molecule has 2 aromatic rings. The summed E-state index contributed by atoms with van der Waals surface area (Å²) in [6.07, 6.45) is -5.22. The van der Waals surface area contributed by atoms with Gasteiger partial charge in [0.1, 0.15) is 29.7 Å². The highest BCUT2D eigenvalue weighted by atomic mass is 19.3. The number of fused-ring (bicyclic) bond motifs is 1. The quantitative estimate of drug-likeness (QED) is 0.688. The molecule has 0 saturated carbocycles. The van der Waals surface area contributed by atoms with Gasteiger partial charge in [-0.05, 0) is 0 Å². The minimum absolute atomic E-state index is 0.105. The van der Waals surface area contributed by atoms with Crippen LogP contribution in [0.5, 0.6) is 5.88 Å². The third-order valence-corrected chi connectivity index (χ3v) is 3.40. The second kappa shape index (κ2) is 5.79. The number of rotatable bonds is 4. The molecule has 4 N–H and O–H groups in total. The van der Waals surface area contributed by atoms with Gasteiger partial charge in [-0.1, -0.05) is 0 Å². The molecule has 126 valence electrons. The van der Waals surface area contributed by atoms with Crippen molar-refractivity contribution in [2.45, 2.75) is 31.2 Å². The van der Waals surface area contributed by atoms with Crippen molar-refractivity contribution >= 4 is 16.9 Å². The number of alkyl halides is 3. The molecule has 0 bridgehead atoms. The fraction of sp³-hybridized carbons (Fsp3) is 0.545. The molecule has 0 unspecified atom stereocenters. The van der Waals surface area contributed by atoms with Crippen molar-refractivity contribution in [2.75, 3.05) is 12.3 Å². The average Bonchev–Trinajstić information content (AvgIpc) is 2.99. The van der Waals surface area contributed by atoms with E-state index in [1.165, 1.54) is 0 Å². The number of nitrogens with zero attached hydrogens (tertiary/aromatic N) is 4. The maximum absolute atomic E-state index is 14.2. The molecule has 1 fully saturated rings. The minimum atomic E-state index is -3.19. The molecule has 0 amide bonds. The van der Waals surface area contributed by atoms with Crippen LogP contribution in [0.2, 0.25) is 0 Å². The van der Waals surface area contributed by atoms with Gasteiger partial charge in [0.15, 0.2) is 18.0 Å². The molecule has 4 atom stereocenters. The second-order valence-electron chi connectivity index (χ2n) is 4.77. The number of halogens is 3. The predicted molar refractivity (Wildman–Crippen MR) is 68.3 cm³/mol. The molecular formula is C11H12F3N5O4. The Kier molecular flexibility index (Phi) is 3.95. The normalized spacial score (nSPS) is 27.9. The molecule has 23 heavy (non-hydrogen) atoms. The van der Waals surface area contributed by atoms with Crippen molar-refractivity contribution < 1.29 is 32.9 Å². The Morgan fingerprint density at radius 2 is 2.17 bits per heavy atom. The highest BCUT2D eigenvalue weighted by Crippen LogP contribution is 2.36. The molecule has 0 radical (unpaired) electrons. The highest BCUT2D eigenvalue weighted by Gasteiger charge is 2.46. The van der Waals surface area contributed by atoms with Crippen LogP contribution >= 0.6 is 0 Å². The van der Waals surface area contributed by atoms with Crippen LogP contribution in [0.1, 0.15) is 6.23 Å². The van der Waals surface area contributed by atoms with E-state index in [4.69, 9.17) is 15.6 Å². The lowest BCUT2D eigenvalue weighted by Crippen LogP contribution is -2.30. The van der Waals surface area contributed by atoms with E-state index in [1.54, 1.807) is 0 Å².